The van der Waals surface area contributed by atoms with E-state index in [2.05, 4.69) is 31.0 Å². The van der Waals surface area contributed by atoms with Crippen molar-refractivity contribution in [2.24, 2.45) is 5.92 Å². The summed E-state index contributed by atoms with van der Waals surface area (Å²) in [5.41, 5.74) is 0.656. The summed E-state index contributed by atoms with van der Waals surface area (Å²) in [7, 11) is 2.13. The first-order valence-electron chi connectivity index (χ1n) is 7.58. The molecule has 20 heavy (non-hydrogen) atoms. The van der Waals surface area contributed by atoms with Gasteiger partial charge in [-0.15, -0.1) is 0 Å². The van der Waals surface area contributed by atoms with Crippen molar-refractivity contribution in [2.45, 2.75) is 38.7 Å². The smallest absolute Gasteiger partial charge is 0.306 e. The van der Waals surface area contributed by atoms with Gasteiger partial charge >= 0.3 is 5.97 Å². The summed E-state index contributed by atoms with van der Waals surface area (Å²) in [6.45, 7) is 6.03. The summed E-state index contributed by atoms with van der Waals surface area (Å²) in [5.74, 6) is 0.264. The van der Waals surface area contributed by atoms with Gasteiger partial charge in [0.15, 0.2) is 0 Å². The minimum absolute atomic E-state index is 0.106. The first kappa shape index (κ1) is 15.0. The lowest BCUT2D eigenvalue weighted by atomic mass is 9.78. The quantitative estimate of drug-likeness (QED) is 0.773. The van der Waals surface area contributed by atoms with E-state index in [4.69, 9.17) is 4.74 Å². The maximum Gasteiger partial charge on any atom is 0.306 e. The molecule has 1 heterocycles. The standard InChI is InChI=1S/C17H25NO2/c1-4-16(19)20-17(5-2,14-9-7-6-8-10-14)15-11-12-18(3)13-15/h6-10,15H,4-5,11-13H2,1-3H3/t15-,17+/m1/s1. The summed E-state index contributed by atoms with van der Waals surface area (Å²) in [5, 5.41) is 0. The molecule has 1 fully saturated rings. The Morgan fingerprint density at radius 1 is 1.35 bits per heavy atom. The van der Waals surface area contributed by atoms with Crippen LogP contribution in [0.2, 0.25) is 0 Å². The summed E-state index contributed by atoms with van der Waals surface area (Å²) < 4.78 is 5.99. The van der Waals surface area contributed by atoms with Gasteiger partial charge in [-0.2, -0.15) is 0 Å². The van der Waals surface area contributed by atoms with Gasteiger partial charge in [0, 0.05) is 18.9 Å². The van der Waals surface area contributed by atoms with E-state index in [1.807, 2.05) is 25.1 Å². The maximum absolute atomic E-state index is 12.0. The molecule has 1 saturated heterocycles. The van der Waals surface area contributed by atoms with E-state index >= 15 is 0 Å². The molecule has 3 nitrogen and oxygen atoms in total. The molecule has 1 aromatic carbocycles. The molecular weight excluding hydrogens is 250 g/mol. The molecule has 2 rings (SSSR count). The second kappa shape index (κ2) is 6.40. The predicted molar refractivity (Wildman–Crippen MR) is 80.4 cm³/mol. The molecule has 0 radical (unpaired) electrons. The molecule has 2 atom stereocenters. The van der Waals surface area contributed by atoms with Crippen LogP contribution in [0.1, 0.15) is 38.7 Å². The number of carbonyl (C=O) groups is 1. The number of benzene rings is 1. The molecule has 0 bridgehead atoms. The number of hydrogen-bond acceptors (Lipinski definition) is 3. The third-order valence-corrected chi connectivity index (χ3v) is 4.42. The number of esters is 1. The monoisotopic (exact) mass is 275 g/mol. The van der Waals surface area contributed by atoms with Crippen LogP contribution in [-0.4, -0.2) is 31.0 Å². The Hall–Kier alpha value is -1.35. The number of carbonyl (C=O) groups excluding carboxylic acids is 1. The Labute approximate surface area is 121 Å². The molecule has 0 amide bonds. The topological polar surface area (TPSA) is 29.5 Å². The van der Waals surface area contributed by atoms with E-state index in [1.54, 1.807) is 0 Å². The molecule has 1 aliphatic heterocycles. The molecule has 0 unspecified atom stereocenters. The van der Waals surface area contributed by atoms with Crippen molar-refractivity contribution < 1.29 is 9.53 Å². The summed E-state index contributed by atoms with van der Waals surface area (Å²) >= 11 is 0. The van der Waals surface area contributed by atoms with Gasteiger partial charge < -0.3 is 9.64 Å². The molecule has 0 saturated carbocycles. The summed E-state index contributed by atoms with van der Waals surface area (Å²) in [4.78, 5) is 14.3. The van der Waals surface area contributed by atoms with Crippen molar-refractivity contribution in [1.29, 1.82) is 0 Å². The van der Waals surface area contributed by atoms with E-state index in [-0.39, 0.29) is 5.97 Å². The van der Waals surface area contributed by atoms with Crippen molar-refractivity contribution in [3.63, 3.8) is 0 Å². The van der Waals surface area contributed by atoms with Crippen molar-refractivity contribution >= 4 is 5.97 Å². The van der Waals surface area contributed by atoms with E-state index in [0.29, 0.717) is 12.3 Å². The summed E-state index contributed by atoms with van der Waals surface area (Å²) in [6, 6.07) is 10.2. The lowest BCUT2D eigenvalue weighted by Gasteiger charge is -2.38. The third kappa shape index (κ3) is 2.88. The Balaban J connectivity index is 2.37. The maximum atomic E-state index is 12.0. The molecule has 0 N–H and O–H groups in total. The van der Waals surface area contributed by atoms with Crippen LogP contribution in [0, 0.1) is 5.92 Å². The molecule has 1 aliphatic rings. The van der Waals surface area contributed by atoms with Crippen LogP contribution in [0.3, 0.4) is 0 Å². The van der Waals surface area contributed by atoms with E-state index in [1.165, 1.54) is 0 Å². The Bertz CT molecular complexity index is 446. The molecule has 0 aromatic heterocycles. The first-order valence-corrected chi connectivity index (χ1v) is 7.58. The number of rotatable bonds is 5. The zero-order valence-corrected chi connectivity index (χ0v) is 12.8. The fourth-order valence-corrected chi connectivity index (χ4v) is 3.25. The average Bonchev–Trinajstić information content (AvgIpc) is 2.92. The first-order chi connectivity index (χ1) is 9.62. The van der Waals surface area contributed by atoms with Gasteiger partial charge in [0.2, 0.25) is 0 Å². The zero-order valence-electron chi connectivity index (χ0n) is 12.8. The van der Waals surface area contributed by atoms with Crippen molar-refractivity contribution in [3.05, 3.63) is 35.9 Å². The van der Waals surface area contributed by atoms with E-state index < -0.39 is 5.60 Å². The van der Waals surface area contributed by atoms with Crippen molar-refractivity contribution in [2.75, 3.05) is 20.1 Å². The molecule has 0 aliphatic carbocycles. The van der Waals surface area contributed by atoms with Crippen LogP contribution in [0.4, 0.5) is 0 Å². The highest BCUT2D eigenvalue weighted by Gasteiger charge is 2.44. The van der Waals surface area contributed by atoms with E-state index in [9.17, 15) is 4.79 Å². The largest absolute Gasteiger partial charge is 0.454 e. The van der Waals surface area contributed by atoms with Crippen LogP contribution < -0.4 is 0 Å². The third-order valence-electron chi connectivity index (χ3n) is 4.42. The molecule has 1 aromatic rings. The molecule has 110 valence electrons. The number of ether oxygens (including phenoxy) is 1. The van der Waals surface area contributed by atoms with Crippen LogP contribution in [0.25, 0.3) is 0 Å². The van der Waals surface area contributed by atoms with Crippen molar-refractivity contribution in [3.8, 4) is 0 Å². The van der Waals surface area contributed by atoms with Crippen LogP contribution in [0.5, 0.6) is 0 Å². The normalized spacial score (nSPS) is 22.4. The van der Waals surface area contributed by atoms with Crippen LogP contribution in [-0.2, 0) is 15.1 Å². The highest BCUT2D eigenvalue weighted by atomic mass is 16.6. The fourth-order valence-electron chi connectivity index (χ4n) is 3.25. The van der Waals surface area contributed by atoms with Crippen LogP contribution >= 0.6 is 0 Å². The minimum atomic E-state index is -0.473. The molecular formula is C17H25NO2. The van der Waals surface area contributed by atoms with Gasteiger partial charge in [0.25, 0.3) is 0 Å². The Morgan fingerprint density at radius 3 is 2.55 bits per heavy atom. The molecule has 0 spiro atoms. The number of likely N-dealkylation sites (tertiary alicyclic amines) is 1. The Kier molecular flexibility index (Phi) is 4.81. The zero-order chi connectivity index (χ0) is 14.6. The van der Waals surface area contributed by atoms with Gasteiger partial charge in [-0.3, -0.25) is 4.79 Å². The second-order valence-corrected chi connectivity index (χ2v) is 5.68. The minimum Gasteiger partial charge on any atom is -0.454 e. The van der Waals surface area contributed by atoms with Gasteiger partial charge in [-0.25, -0.2) is 0 Å². The SMILES string of the molecule is CCC(=O)O[C@@](CC)(c1ccccc1)[C@@H]1CCN(C)C1. The van der Waals surface area contributed by atoms with Gasteiger partial charge in [0.05, 0.1) is 0 Å². The van der Waals surface area contributed by atoms with Gasteiger partial charge in [0.1, 0.15) is 5.60 Å². The van der Waals surface area contributed by atoms with Crippen LogP contribution in [0.15, 0.2) is 30.3 Å². The van der Waals surface area contributed by atoms with Gasteiger partial charge in [-0.1, -0.05) is 44.2 Å². The number of nitrogens with zero attached hydrogens (tertiary/aromatic N) is 1. The van der Waals surface area contributed by atoms with Crippen molar-refractivity contribution in [1.82, 2.24) is 4.90 Å². The van der Waals surface area contributed by atoms with E-state index in [0.717, 1.165) is 31.5 Å². The molecule has 3 heteroatoms. The van der Waals surface area contributed by atoms with Gasteiger partial charge in [-0.05, 0) is 32.0 Å². The average molecular weight is 275 g/mol. The predicted octanol–water partition coefficient (Wildman–Crippen LogP) is 3.20. The highest BCUT2D eigenvalue weighted by molar-refractivity contribution is 5.69. The fraction of sp³-hybridized carbons (Fsp3) is 0.588. The Morgan fingerprint density at radius 2 is 2.05 bits per heavy atom. The lowest BCUT2D eigenvalue weighted by Crippen LogP contribution is -2.40. The lowest BCUT2D eigenvalue weighted by molar-refractivity contribution is -0.168. The summed E-state index contributed by atoms with van der Waals surface area (Å²) in [6.07, 6.45) is 2.33. The number of hydrogen-bond donors (Lipinski definition) is 0. The highest BCUT2D eigenvalue weighted by Crippen LogP contribution is 2.42. The second-order valence-electron chi connectivity index (χ2n) is 5.68.